The molecule has 0 saturated heterocycles. The molecule has 0 spiro atoms. The maximum atomic E-state index is 14.9. The molecule has 13 heteroatoms. The molecule has 4 aromatic heterocycles. The van der Waals surface area contributed by atoms with Crippen LogP contribution in [0.25, 0.3) is 38.8 Å². The summed E-state index contributed by atoms with van der Waals surface area (Å²) < 4.78 is 18.0. The van der Waals surface area contributed by atoms with Crippen LogP contribution in [0, 0.1) is 5.82 Å². The molecule has 218 valence electrons. The third-order valence-electron chi connectivity index (χ3n) is 7.09. The number of urea groups is 1. The number of nitrogens with one attached hydrogen (secondary N) is 4. The number of rotatable bonds is 5. The van der Waals surface area contributed by atoms with Crippen molar-refractivity contribution < 1.29 is 9.18 Å². The van der Waals surface area contributed by atoms with Crippen LogP contribution in [0.5, 0.6) is 0 Å². The zero-order valence-corrected chi connectivity index (χ0v) is 24.2. The lowest BCUT2D eigenvalue weighted by Crippen LogP contribution is -2.22. The quantitative estimate of drug-likeness (QED) is 0.220. The van der Waals surface area contributed by atoms with E-state index in [1.807, 2.05) is 39.0 Å². The molecule has 6 aromatic rings. The number of benzene rings is 2. The number of fused-ring (bicyclic) bond motifs is 2. The molecule has 0 aliphatic rings. The van der Waals surface area contributed by atoms with Gasteiger partial charge in [0.05, 0.1) is 28.8 Å². The summed E-state index contributed by atoms with van der Waals surface area (Å²) >= 11 is 0. The summed E-state index contributed by atoms with van der Waals surface area (Å²) in [4.78, 5) is 35.0. The van der Waals surface area contributed by atoms with Crippen LogP contribution in [0.15, 0.2) is 65.7 Å². The lowest BCUT2D eigenvalue weighted by atomic mass is 9.92. The molecular weight excluding hydrogens is 551 g/mol. The molecule has 2 amide bonds. The molecule has 0 aliphatic heterocycles. The van der Waals surface area contributed by atoms with Gasteiger partial charge in [0.1, 0.15) is 17.3 Å². The first-order valence-corrected chi connectivity index (χ1v) is 13.5. The number of nitrogens with zero attached hydrogens (tertiary/aromatic N) is 6. The van der Waals surface area contributed by atoms with Crippen LogP contribution in [0.2, 0.25) is 0 Å². The zero-order chi connectivity index (χ0) is 30.5. The highest BCUT2D eigenvalue weighted by Gasteiger charge is 2.22. The Bertz CT molecular complexity index is 2090. The van der Waals surface area contributed by atoms with E-state index in [2.05, 4.69) is 36.1 Å². The van der Waals surface area contributed by atoms with Crippen molar-refractivity contribution in [1.82, 2.24) is 34.5 Å². The number of aromatic nitrogens is 7. The maximum absolute atomic E-state index is 14.9. The number of hydrogen-bond donors (Lipinski definition) is 4. The highest BCUT2D eigenvalue weighted by molar-refractivity contribution is 6.00. The van der Waals surface area contributed by atoms with E-state index < -0.39 is 11.8 Å². The number of aryl methyl sites for hydroxylation is 1. The average Bonchev–Trinajstić information content (AvgIpc) is 3.63. The maximum Gasteiger partial charge on any atom is 0.324 e. The predicted molar refractivity (Wildman–Crippen MR) is 164 cm³/mol. The Morgan fingerprint density at radius 3 is 2.58 bits per heavy atom. The number of pyridine rings is 1. The van der Waals surface area contributed by atoms with Gasteiger partial charge < -0.3 is 10.6 Å². The number of carbonyl (C=O) groups excluding carboxylic acids is 1. The van der Waals surface area contributed by atoms with E-state index in [1.54, 1.807) is 43.3 Å². The number of halogens is 1. The average molecular weight is 581 g/mol. The molecule has 2 aromatic carbocycles. The van der Waals surface area contributed by atoms with E-state index in [-0.39, 0.29) is 16.7 Å². The molecular formula is C30H29FN10O2. The minimum absolute atomic E-state index is 0.0964. The summed E-state index contributed by atoms with van der Waals surface area (Å²) in [5, 5.41) is 21.5. The Labute approximate surface area is 245 Å². The summed E-state index contributed by atoms with van der Waals surface area (Å²) in [5.41, 5.74) is 2.78. The molecule has 0 aliphatic carbocycles. The molecule has 0 saturated carbocycles. The number of anilines is 3. The van der Waals surface area contributed by atoms with Crippen LogP contribution in [-0.4, -0.2) is 47.6 Å². The smallest absolute Gasteiger partial charge is 0.324 e. The van der Waals surface area contributed by atoms with Gasteiger partial charge in [0.15, 0.2) is 0 Å². The molecule has 0 atom stereocenters. The Morgan fingerprint density at radius 1 is 1.00 bits per heavy atom. The second-order valence-electron chi connectivity index (χ2n) is 11.1. The van der Waals surface area contributed by atoms with E-state index >= 15 is 0 Å². The normalized spacial score (nSPS) is 11.7. The van der Waals surface area contributed by atoms with Crippen LogP contribution in [0.4, 0.5) is 26.6 Å². The minimum Gasteiger partial charge on any atom is -0.357 e. The molecule has 0 unspecified atom stereocenters. The van der Waals surface area contributed by atoms with Gasteiger partial charge in [0.25, 0.3) is 5.56 Å². The first kappa shape index (κ1) is 27.6. The summed E-state index contributed by atoms with van der Waals surface area (Å²) in [6.45, 7) is 6.06. The lowest BCUT2D eigenvalue weighted by Gasteiger charge is -2.14. The van der Waals surface area contributed by atoms with E-state index in [9.17, 15) is 14.0 Å². The van der Waals surface area contributed by atoms with E-state index in [0.29, 0.717) is 39.6 Å². The number of hydrogen-bond acceptors (Lipinski definition) is 7. The standard InChI is InChI=1S/C30H29FN10O2/c1-30(2,3)24-13-25(41(39-24)19-7-9-22-17(10-19)15-34-38-22)36-29(43)35-23-12-16(6-8-21(23)31)20-11-18-14-33-28(32-4)37-26(18)40(5)27(20)42/h6-15H,1-5H3,(H,34,38)(H,32,33,37)(H2,35,36,43). The highest BCUT2D eigenvalue weighted by Crippen LogP contribution is 2.29. The Hall–Kier alpha value is -5.59. The predicted octanol–water partition coefficient (Wildman–Crippen LogP) is 5.18. The zero-order valence-electron chi connectivity index (χ0n) is 24.2. The molecule has 43 heavy (non-hydrogen) atoms. The molecule has 0 fully saturated rings. The second kappa shape index (κ2) is 10.4. The molecule has 4 N–H and O–H groups in total. The molecule has 0 radical (unpaired) electrons. The lowest BCUT2D eigenvalue weighted by molar-refractivity contribution is 0.262. The van der Waals surface area contributed by atoms with Gasteiger partial charge >= 0.3 is 6.03 Å². The van der Waals surface area contributed by atoms with Crippen molar-refractivity contribution in [2.24, 2.45) is 7.05 Å². The molecule has 12 nitrogen and oxygen atoms in total. The number of amides is 2. The summed E-state index contributed by atoms with van der Waals surface area (Å²) in [6, 6.07) is 12.5. The minimum atomic E-state index is -0.679. The van der Waals surface area contributed by atoms with Gasteiger partial charge in [0.2, 0.25) is 5.95 Å². The fourth-order valence-corrected chi connectivity index (χ4v) is 4.73. The topological polar surface area (TPSA) is 147 Å². The number of H-pyrrole nitrogens is 1. The third-order valence-corrected chi connectivity index (χ3v) is 7.09. The van der Waals surface area contributed by atoms with E-state index in [1.165, 1.54) is 22.8 Å². The van der Waals surface area contributed by atoms with Crippen LogP contribution in [0.1, 0.15) is 26.5 Å². The van der Waals surface area contributed by atoms with Gasteiger partial charge in [-0.25, -0.2) is 18.9 Å². The van der Waals surface area contributed by atoms with E-state index in [0.717, 1.165) is 16.6 Å². The van der Waals surface area contributed by atoms with Crippen molar-refractivity contribution in [2.75, 3.05) is 23.0 Å². The van der Waals surface area contributed by atoms with Gasteiger partial charge in [-0.3, -0.25) is 19.8 Å². The van der Waals surface area contributed by atoms with Crippen LogP contribution < -0.4 is 21.5 Å². The fourth-order valence-electron chi connectivity index (χ4n) is 4.73. The van der Waals surface area contributed by atoms with Crippen LogP contribution in [-0.2, 0) is 12.5 Å². The van der Waals surface area contributed by atoms with Crippen molar-refractivity contribution in [1.29, 1.82) is 0 Å². The van der Waals surface area contributed by atoms with Gasteiger partial charge in [0, 0.05) is 48.1 Å². The summed E-state index contributed by atoms with van der Waals surface area (Å²) in [7, 11) is 3.30. The first-order valence-electron chi connectivity index (χ1n) is 13.5. The SMILES string of the molecule is CNc1ncc2cc(-c3ccc(F)c(NC(=O)Nc4cc(C(C)(C)C)nn4-c4ccc5[nH]ncc5c4)c3)c(=O)n(C)c2n1. The van der Waals surface area contributed by atoms with Crippen molar-refractivity contribution in [3.8, 4) is 16.8 Å². The Kier molecular flexibility index (Phi) is 6.64. The van der Waals surface area contributed by atoms with Gasteiger partial charge in [-0.2, -0.15) is 15.2 Å². The Morgan fingerprint density at radius 2 is 1.81 bits per heavy atom. The van der Waals surface area contributed by atoms with Gasteiger partial charge in [-0.05, 0) is 42.0 Å². The fraction of sp³-hybridized carbons (Fsp3) is 0.200. The third kappa shape index (κ3) is 5.16. The van der Waals surface area contributed by atoms with Crippen molar-refractivity contribution >= 4 is 45.4 Å². The van der Waals surface area contributed by atoms with Gasteiger partial charge in [-0.1, -0.05) is 26.8 Å². The largest absolute Gasteiger partial charge is 0.357 e. The van der Waals surface area contributed by atoms with E-state index in [4.69, 9.17) is 5.10 Å². The van der Waals surface area contributed by atoms with Crippen LogP contribution >= 0.6 is 0 Å². The van der Waals surface area contributed by atoms with Crippen molar-refractivity contribution in [3.63, 3.8) is 0 Å². The summed E-state index contributed by atoms with van der Waals surface area (Å²) in [5.74, 6) is 0.117. The second-order valence-corrected chi connectivity index (χ2v) is 11.1. The first-order chi connectivity index (χ1) is 20.5. The molecule has 0 bridgehead atoms. The highest BCUT2D eigenvalue weighted by atomic mass is 19.1. The summed E-state index contributed by atoms with van der Waals surface area (Å²) in [6.07, 6.45) is 3.31. The Balaban J connectivity index is 1.32. The number of aromatic amines is 1. The van der Waals surface area contributed by atoms with Crippen molar-refractivity contribution in [3.05, 3.63) is 82.8 Å². The van der Waals surface area contributed by atoms with Gasteiger partial charge in [-0.15, -0.1) is 0 Å². The number of carbonyl (C=O) groups is 1. The molecule has 6 rings (SSSR count). The monoisotopic (exact) mass is 580 g/mol. The van der Waals surface area contributed by atoms with Crippen molar-refractivity contribution in [2.45, 2.75) is 26.2 Å². The molecule has 4 heterocycles. The van der Waals surface area contributed by atoms with Crippen LogP contribution in [0.3, 0.4) is 0 Å².